The third kappa shape index (κ3) is 5.51. The third-order valence-corrected chi connectivity index (χ3v) is 6.61. The van der Waals surface area contributed by atoms with Gasteiger partial charge in [-0.1, -0.05) is 30.3 Å². The molecule has 1 saturated heterocycles. The lowest BCUT2D eigenvalue weighted by Crippen LogP contribution is -2.40. The van der Waals surface area contributed by atoms with E-state index in [9.17, 15) is 18.5 Å². The maximum atomic E-state index is 13.1. The Kier molecular flexibility index (Phi) is 7.32. The number of non-ortho nitro benzene ring substituents is 1. The molecule has 0 radical (unpaired) electrons. The molecule has 9 nitrogen and oxygen atoms in total. The predicted molar refractivity (Wildman–Crippen MR) is 118 cm³/mol. The molecule has 1 fully saturated rings. The molecule has 0 aliphatic carbocycles. The van der Waals surface area contributed by atoms with E-state index >= 15 is 0 Å². The first-order valence-corrected chi connectivity index (χ1v) is 11.2. The second-order valence-electron chi connectivity index (χ2n) is 6.26. The number of anilines is 1. The van der Waals surface area contributed by atoms with Gasteiger partial charge in [0, 0.05) is 29.7 Å². The molecule has 0 aromatic heterocycles. The third-order valence-electron chi connectivity index (χ3n) is 4.24. The van der Waals surface area contributed by atoms with Crippen molar-refractivity contribution in [3.05, 3.63) is 68.7 Å². The number of nitrogens with zero attached hydrogens (tertiary/aromatic N) is 3. The number of ether oxygens (including phenoxy) is 1. The number of sulfonamides is 1. The van der Waals surface area contributed by atoms with E-state index in [1.807, 2.05) is 36.4 Å². The van der Waals surface area contributed by atoms with Crippen LogP contribution in [-0.4, -0.2) is 50.2 Å². The van der Waals surface area contributed by atoms with E-state index in [2.05, 4.69) is 26.5 Å². The Morgan fingerprint density at radius 3 is 2.57 bits per heavy atom. The Bertz CT molecular complexity index is 1070. The van der Waals surface area contributed by atoms with Gasteiger partial charge in [-0.05, 0) is 33.6 Å². The molecular weight excluding hydrogens is 476 g/mol. The van der Waals surface area contributed by atoms with Crippen LogP contribution in [0.3, 0.4) is 0 Å². The number of hydrogen-bond donors (Lipinski definition) is 1. The van der Waals surface area contributed by atoms with Crippen molar-refractivity contribution in [2.24, 2.45) is 5.10 Å². The van der Waals surface area contributed by atoms with Gasteiger partial charge in [0.15, 0.2) is 0 Å². The van der Waals surface area contributed by atoms with Gasteiger partial charge in [0.1, 0.15) is 4.90 Å². The number of hydrogen-bond acceptors (Lipinski definition) is 7. The van der Waals surface area contributed by atoms with Crippen molar-refractivity contribution >= 4 is 49.6 Å². The molecule has 0 bridgehead atoms. The molecule has 0 unspecified atom stereocenters. The van der Waals surface area contributed by atoms with Crippen molar-refractivity contribution in [3.63, 3.8) is 0 Å². The first-order chi connectivity index (χ1) is 14.4. The molecule has 0 spiro atoms. The van der Waals surface area contributed by atoms with Gasteiger partial charge in [-0.3, -0.25) is 15.5 Å². The van der Waals surface area contributed by atoms with E-state index in [1.165, 1.54) is 22.7 Å². The fourth-order valence-electron chi connectivity index (χ4n) is 2.77. The Morgan fingerprint density at radius 2 is 1.90 bits per heavy atom. The van der Waals surface area contributed by atoms with Gasteiger partial charge in [0.05, 0.1) is 30.0 Å². The van der Waals surface area contributed by atoms with E-state index in [-0.39, 0.29) is 42.6 Å². The summed E-state index contributed by atoms with van der Waals surface area (Å²) in [5.74, 6) is 0. The first kappa shape index (κ1) is 22.1. The number of halogens is 1. The highest BCUT2D eigenvalue weighted by molar-refractivity contribution is 9.12. The lowest BCUT2D eigenvalue weighted by Gasteiger charge is -2.26. The van der Waals surface area contributed by atoms with E-state index in [1.54, 1.807) is 0 Å². The molecule has 2 aromatic rings. The number of allylic oxidation sites excluding steroid dienone is 1. The van der Waals surface area contributed by atoms with Crippen LogP contribution in [0.2, 0.25) is 0 Å². The molecule has 2 aromatic carbocycles. The summed E-state index contributed by atoms with van der Waals surface area (Å²) < 4.78 is 33.2. The number of nitro groups is 1. The number of nitrogens with one attached hydrogen (secondary N) is 1. The standard InChI is InChI=1S/C19H19BrN4O5S/c20-16(12-15-4-2-1-3-5-15)14-21-22-18-7-6-17(24(25)26)13-19(18)30(27,28)23-8-10-29-11-9-23/h1-7,12-14,22H,8-11H2/b16-12-,21-14+. The summed E-state index contributed by atoms with van der Waals surface area (Å²) in [5.41, 5.74) is 3.46. The van der Waals surface area contributed by atoms with Crippen LogP contribution in [0.15, 0.2) is 63.0 Å². The summed E-state index contributed by atoms with van der Waals surface area (Å²) in [6, 6.07) is 13.2. The van der Waals surface area contributed by atoms with Crippen LogP contribution in [0.1, 0.15) is 5.56 Å². The summed E-state index contributed by atoms with van der Waals surface area (Å²) >= 11 is 3.38. The van der Waals surface area contributed by atoms with Gasteiger partial charge < -0.3 is 4.74 Å². The molecule has 158 valence electrons. The lowest BCUT2D eigenvalue weighted by molar-refractivity contribution is -0.385. The van der Waals surface area contributed by atoms with Crippen LogP contribution >= 0.6 is 15.9 Å². The van der Waals surface area contributed by atoms with Gasteiger partial charge in [-0.2, -0.15) is 9.41 Å². The van der Waals surface area contributed by atoms with Crippen molar-refractivity contribution in [3.8, 4) is 0 Å². The maximum absolute atomic E-state index is 13.1. The van der Waals surface area contributed by atoms with Crippen molar-refractivity contribution in [2.75, 3.05) is 31.7 Å². The summed E-state index contributed by atoms with van der Waals surface area (Å²) in [6.45, 7) is 0.900. The molecule has 1 aliphatic rings. The molecule has 1 heterocycles. The van der Waals surface area contributed by atoms with Crippen LogP contribution in [0.4, 0.5) is 11.4 Å². The number of hydrazone groups is 1. The molecule has 0 amide bonds. The molecule has 0 saturated carbocycles. The van der Waals surface area contributed by atoms with E-state index in [0.717, 1.165) is 11.6 Å². The van der Waals surface area contributed by atoms with E-state index in [0.29, 0.717) is 4.48 Å². The van der Waals surface area contributed by atoms with Gasteiger partial charge in [-0.15, -0.1) is 0 Å². The summed E-state index contributed by atoms with van der Waals surface area (Å²) in [7, 11) is -3.96. The van der Waals surface area contributed by atoms with Crippen molar-refractivity contribution < 1.29 is 18.1 Å². The predicted octanol–water partition coefficient (Wildman–Crippen LogP) is 3.45. The molecular formula is C19H19BrN4O5S. The van der Waals surface area contributed by atoms with Crippen molar-refractivity contribution in [1.82, 2.24) is 4.31 Å². The van der Waals surface area contributed by atoms with Gasteiger partial charge in [-0.25, -0.2) is 8.42 Å². The fourth-order valence-corrected chi connectivity index (χ4v) is 4.70. The SMILES string of the molecule is O=[N+]([O-])c1ccc(N/N=C/C(Br)=C/c2ccccc2)c(S(=O)(=O)N2CCOCC2)c1. The highest BCUT2D eigenvalue weighted by atomic mass is 79.9. The van der Waals surface area contributed by atoms with Crippen LogP contribution in [-0.2, 0) is 14.8 Å². The zero-order valence-corrected chi connectivity index (χ0v) is 18.2. The number of nitro benzene ring substituents is 1. The summed E-state index contributed by atoms with van der Waals surface area (Å²) in [5, 5.41) is 15.2. The van der Waals surface area contributed by atoms with E-state index < -0.39 is 14.9 Å². The van der Waals surface area contributed by atoms with Crippen LogP contribution < -0.4 is 5.43 Å². The average Bonchev–Trinajstić information content (AvgIpc) is 2.75. The monoisotopic (exact) mass is 494 g/mol. The minimum Gasteiger partial charge on any atom is -0.379 e. The normalized spacial score (nSPS) is 16.0. The van der Waals surface area contributed by atoms with Gasteiger partial charge >= 0.3 is 0 Å². The van der Waals surface area contributed by atoms with Crippen molar-refractivity contribution in [2.45, 2.75) is 4.90 Å². The fraction of sp³-hybridized carbons (Fsp3) is 0.211. The minimum absolute atomic E-state index is 0.142. The molecule has 1 aliphatic heterocycles. The average molecular weight is 495 g/mol. The second kappa shape index (κ2) is 9.94. The quantitative estimate of drug-likeness (QED) is 0.358. The minimum atomic E-state index is -3.96. The maximum Gasteiger partial charge on any atom is 0.270 e. The lowest BCUT2D eigenvalue weighted by atomic mass is 10.2. The molecule has 11 heteroatoms. The Labute approximate surface area is 182 Å². The molecule has 30 heavy (non-hydrogen) atoms. The van der Waals surface area contributed by atoms with Crippen molar-refractivity contribution in [1.29, 1.82) is 0 Å². The molecule has 0 atom stereocenters. The van der Waals surface area contributed by atoms with Gasteiger partial charge in [0.2, 0.25) is 10.0 Å². The zero-order valence-electron chi connectivity index (χ0n) is 15.8. The Hall–Kier alpha value is -2.60. The van der Waals surface area contributed by atoms with Crippen LogP contribution in [0.5, 0.6) is 0 Å². The van der Waals surface area contributed by atoms with E-state index in [4.69, 9.17) is 4.74 Å². The topological polar surface area (TPSA) is 114 Å². The smallest absolute Gasteiger partial charge is 0.270 e. The largest absolute Gasteiger partial charge is 0.379 e. The van der Waals surface area contributed by atoms with Crippen LogP contribution in [0, 0.1) is 10.1 Å². The summed E-state index contributed by atoms with van der Waals surface area (Å²) in [6.07, 6.45) is 3.31. The van der Waals surface area contributed by atoms with Gasteiger partial charge in [0.25, 0.3) is 5.69 Å². The highest BCUT2D eigenvalue weighted by Crippen LogP contribution is 2.29. The number of rotatable bonds is 7. The highest BCUT2D eigenvalue weighted by Gasteiger charge is 2.30. The first-order valence-electron chi connectivity index (χ1n) is 8.95. The molecule has 1 N–H and O–H groups in total. The molecule has 3 rings (SSSR count). The number of benzene rings is 2. The second-order valence-corrected chi connectivity index (χ2v) is 9.09. The van der Waals surface area contributed by atoms with Crippen LogP contribution in [0.25, 0.3) is 6.08 Å². The summed E-state index contributed by atoms with van der Waals surface area (Å²) in [4.78, 5) is 10.3. The Balaban J connectivity index is 1.87. The zero-order chi connectivity index (χ0) is 21.6. The Morgan fingerprint density at radius 1 is 1.20 bits per heavy atom. The number of morpholine rings is 1.